The highest BCUT2D eigenvalue weighted by molar-refractivity contribution is 5.72. The molecule has 0 radical (unpaired) electrons. The van der Waals surface area contributed by atoms with Crippen molar-refractivity contribution in [3.8, 4) is 34.4 Å². The van der Waals surface area contributed by atoms with E-state index < -0.39 is 0 Å². The second kappa shape index (κ2) is 10.2. The molecule has 0 amide bonds. The van der Waals surface area contributed by atoms with Crippen LogP contribution >= 0.6 is 0 Å². The van der Waals surface area contributed by atoms with Crippen LogP contribution < -0.4 is 4.57 Å². The van der Waals surface area contributed by atoms with E-state index in [1.54, 1.807) is 0 Å². The van der Waals surface area contributed by atoms with Crippen LogP contribution in [-0.4, -0.2) is 0 Å². The van der Waals surface area contributed by atoms with Crippen LogP contribution in [0.3, 0.4) is 0 Å². The molecule has 0 aliphatic carbocycles. The van der Waals surface area contributed by atoms with E-state index in [4.69, 9.17) is 0 Å². The summed E-state index contributed by atoms with van der Waals surface area (Å²) in [5, 5.41) is 0. The maximum Gasteiger partial charge on any atom is 0.217 e. The van der Waals surface area contributed by atoms with Gasteiger partial charge in [-0.2, -0.15) is 4.57 Å². The van der Waals surface area contributed by atoms with Crippen LogP contribution in [0, 0.1) is 25.7 Å². The molecule has 0 saturated heterocycles. The molecule has 35 heavy (non-hydrogen) atoms. The molecule has 0 fully saturated rings. The highest BCUT2D eigenvalue weighted by atomic mass is 15.0. The van der Waals surface area contributed by atoms with E-state index in [2.05, 4.69) is 133 Å². The fourth-order valence-corrected chi connectivity index (χ4v) is 4.74. The van der Waals surface area contributed by atoms with Gasteiger partial charge in [-0.3, -0.25) is 0 Å². The van der Waals surface area contributed by atoms with Crippen molar-refractivity contribution in [3.63, 3.8) is 0 Å². The third-order valence-electron chi connectivity index (χ3n) is 6.38. The number of hydrogen-bond donors (Lipinski definition) is 0. The van der Waals surface area contributed by atoms with E-state index in [0.717, 1.165) is 17.7 Å². The maximum absolute atomic E-state index is 3.55. The molecule has 5 rings (SSSR count). The van der Waals surface area contributed by atoms with E-state index in [1.807, 2.05) is 18.2 Å². The van der Waals surface area contributed by atoms with Gasteiger partial charge in [-0.05, 0) is 50.2 Å². The fraction of sp³-hybridized carbons (Fsp3) is 0.0882. The Morgan fingerprint density at radius 3 is 1.43 bits per heavy atom. The summed E-state index contributed by atoms with van der Waals surface area (Å²) in [4.78, 5) is 0. The predicted molar refractivity (Wildman–Crippen MR) is 145 cm³/mol. The highest BCUT2D eigenvalue weighted by Gasteiger charge is 2.28. The lowest BCUT2D eigenvalue weighted by molar-refractivity contribution is -0.667. The quantitative estimate of drug-likeness (QED) is 0.199. The van der Waals surface area contributed by atoms with Crippen molar-refractivity contribution >= 4 is 0 Å². The Kier molecular flexibility index (Phi) is 6.55. The van der Waals surface area contributed by atoms with E-state index in [9.17, 15) is 0 Å². The minimum atomic E-state index is 0.781. The molecule has 5 aromatic rings. The lowest BCUT2D eigenvalue weighted by Crippen LogP contribution is -2.41. The normalized spacial score (nSPS) is 10.5. The van der Waals surface area contributed by atoms with Crippen LogP contribution in [0.5, 0.6) is 0 Å². The predicted octanol–water partition coefficient (Wildman–Crippen LogP) is 7.37. The number of nitrogens with zero attached hydrogens (tertiary/aromatic N) is 1. The van der Waals surface area contributed by atoms with Crippen molar-refractivity contribution < 1.29 is 4.57 Å². The summed E-state index contributed by atoms with van der Waals surface area (Å²) in [7, 11) is 0. The Morgan fingerprint density at radius 2 is 0.943 bits per heavy atom. The third-order valence-corrected chi connectivity index (χ3v) is 6.38. The minimum absolute atomic E-state index is 0.781. The smallest absolute Gasteiger partial charge is 0.186 e. The van der Waals surface area contributed by atoms with Gasteiger partial charge in [0.05, 0.1) is 0 Å². The van der Waals surface area contributed by atoms with Gasteiger partial charge in [0.1, 0.15) is 0 Å². The van der Waals surface area contributed by atoms with Crippen molar-refractivity contribution in [2.24, 2.45) is 0 Å². The van der Waals surface area contributed by atoms with Crippen LogP contribution in [-0.2, 0) is 6.54 Å². The molecular formula is C34H28N+. The topological polar surface area (TPSA) is 3.88 Å². The van der Waals surface area contributed by atoms with Gasteiger partial charge in [-0.15, -0.1) is 0 Å². The number of hydrogen-bond acceptors (Lipinski definition) is 0. The first-order valence-corrected chi connectivity index (χ1v) is 12.0. The van der Waals surface area contributed by atoms with E-state index >= 15 is 0 Å². The zero-order chi connectivity index (χ0) is 24.0. The summed E-state index contributed by atoms with van der Waals surface area (Å²) >= 11 is 0. The first-order valence-electron chi connectivity index (χ1n) is 12.0. The lowest BCUT2D eigenvalue weighted by atomic mass is 9.92. The van der Waals surface area contributed by atoms with E-state index in [1.165, 1.54) is 39.2 Å². The number of pyridine rings is 1. The Hall–Kier alpha value is -4.41. The van der Waals surface area contributed by atoms with Crippen molar-refractivity contribution in [3.05, 3.63) is 149 Å². The summed E-state index contributed by atoms with van der Waals surface area (Å²) in [6.07, 6.45) is 0. The van der Waals surface area contributed by atoms with Crippen molar-refractivity contribution in [2.45, 2.75) is 20.4 Å². The van der Waals surface area contributed by atoms with Crippen LogP contribution in [0.2, 0.25) is 0 Å². The van der Waals surface area contributed by atoms with Gasteiger partial charge in [0, 0.05) is 38.9 Å². The van der Waals surface area contributed by atoms with Crippen LogP contribution in [0.25, 0.3) is 22.5 Å². The fourth-order valence-electron chi connectivity index (χ4n) is 4.74. The molecule has 1 aromatic heterocycles. The maximum atomic E-state index is 3.55. The molecule has 0 bridgehead atoms. The van der Waals surface area contributed by atoms with Gasteiger partial charge >= 0.3 is 0 Å². The lowest BCUT2D eigenvalue weighted by Gasteiger charge is -2.17. The second-order valence-corrected chi connectivity index (χ2v) is 8.74. The monoisotopic (exact) mass is 450 g/mol. The van der Waals surface area contributed by atoms with Gasteiger partial charge in [0.15, 0.2) is 6.54 Å². The average molecular weight is 451 g/mol. The SMILES string of the molecule is Cc1c(C#Cc2ccccc2)c(C)c(-c2ccccc2)[n+](Cc2ccccc2)c1-c1ccccc1. The molecular weight excluding hydrogens is 422 g/mol. The van der Waals surface area contributed by atoms with Crippen LogP contribution in [0.4, 0.5) is 0 Å². The Bertz CT molecular complexity index is 1420. The molecule has 1 nitrogen and oxygen atoms in total. The molecule has 0 spiro atoms. The number of aromatic nitrogens is 1. The summed E-state index contributed by atoms with van der Waals surface area (Å²) in [5.41, 5.74) is 10.6. The van der Waals surface area contributed by atoms with Crippen molar-refractivity contribution in [1.82, 2.24) is 0 Å². The van der Waals surface area contributed by atoms with Gasteiger partial charge in [0.25, 0.3) is 0 Å². The Morgan fingerprint density at radius 1 is 0.514 bits per heavy atom. The van der Waals surface area contributed by atoms with E-state index in [0.29, 0.717) is 0 Å². The largest absolute Gasteiger partial charge is 0.217 e. The summed E-state index contributed by atoms with van der Waals surface area (Å²) < 4.78 is 2.47. The van der Waals surface area contributed by atoms with E-state index in [-0.39, 0.29) is 0 Å². The summed E-state index contributed by atoms with van der Waals surface area (Å²) in [6.45, 7) is 5.20. The molecule has 1 heterocycles. The van der Waals surface area contributed by atoms with Crippen LogP contribution in [0.1, 0.15) is 27.8 Å². The molecule has 0 aliphatic heterocycles. The molecule has 0 atom stereocenters. The van der Waals surface area contributed by atoms with Gasteiger partial charge in [-0.25, -0.2) is 0 Å². The summed E-state index contributed by atoms with van der Waals surface area (Å²) in [5.74, 6) is 6.96. The zero-order valence-corrected chi connectivity index (χ0v) is 20.2. The molecule has 1 heteroatoms. The molecule has 0 saturated carbocycles. The van der Waals surface area contributed by atoms with Gasteiger partial charge < -0.3 is 0 Å². The molecule has 168 valence electrons. The molecule has 0 aliphatic rings. The number of benzene rings is 4. The Labute approximate surface area is 208 Å². The molecule has 4 aromatic carbocycles. The van der Waals surface area contributed by atoms with Gasteiger partial charge in [-0.1, -0.05) is 96.8 Å². The first-order chi connectivity index (χ1) is 17.2. The average Bonchev–Trinajstić information content (AvgIpc) is 2.91. The number of rotatable bonds is 4. The zero-order valence-electron chi connectivity index (χ0n) is 20.2. The van der Waals surface area contributed by atoms with Crippen LogP contribution in [0.15, 0.2) is 121 Å². The van der Waals surface area contributed by atoms with Crippen molar-refractivity contribution in [2.75, 3.05) is 0 Å². The standard InChI is InChI=1S/C34H28N/c1-26-32(24-23-28-15-7-3-8-16-28)27(2)34(31-21-13-6-14-22-31)35(25-29-17-9-4-10-18-29)33(26)30-19-11-5-12-20-30/h3-22H,25H2,1-2H3/q+1. The first kappa shape index (κ1) is 22.4. The third kappa shape index (κ3) is 4.79. The second-order valence-electron chi connectivity index (χ2n) is 8.74. The molecule has 0 unspecified atom stereocenters. The molecule has 0 N–H and O–H groups in total. The van der Waals surface area contributed by atoms with Gasteiger partial charge in [0.2, 0.25) is 11.4 Å². The highest BCUT2D eigenvalue weighted by Crippen LogP contribution is 2.31. The minimum Gasteiger partial charge on any atom is -0.186 e. The summed E-state index contributed by atoms with van der Waals surface area (Å²) in [6, 6.07) is 42.3. The van der Waals surface area contributed by atoms with Crippen molar-refractivity contribution in [1.29, 1.82) is 0 Å². The Balaban J connectivity index is 1.83.